The van der Waals surface area contributed by atoms with Gasteiger partial charge in [-0.05, 0) is 12.1 Å². The summed E-state index contributed by atoms with van der Waals surface area (Å²) in [4.78, 5) is 7.98. The van der Waals surface area contributed by atoms with E-state index in [1.165, 1.54) is 12.3 Å². The van der Waals surface area contributed by atoms with Crippen LogP contribution in [0.5, 0.6) is 0 Å². The normalized spacial score (nSPS) is 11.3. The summed E-state index contributed by atoms with van der Waals surface area (Å²) < 4.78 is 25.2. The predicted octanol–water partition coefficient (Wildman–Crippen LogP) is 2.96. The van der Waals surface area contributed by atoms with E-state index in [0.29, 0.717) is 11.2 Å². The summed E-state index contributed by atoms with van der Waals surface area (Å²) in [6.07, 6.45) is 3.42. The maximum Gasteiger partial charge on any atom is 0.265 e. The number of pyridine rings is 2. The monoisotopic (exact) mass is 246 g/mol. The Morgan fingerprint density at radius 2 is 1.83 bits per heavy atom. The number of hydrogen-bond acceptors (Lipinski definition) is 3. The van der Waals surface area contributed by atoms with Crippen molar-refractivity contribution in [2.75, 3.05) is 0 Å². The number of H-pyrrole nitrogens is 1. The molecule has 0 radical (unpaired) electrons. The molecule has 6 heteroatoms. The Balaban J connectivity index is 2.10. The Labute approximate surface area is 101 Å². The van der Waals surface area contributed by atoms with Crippen molar-refractivity contribution in [3.05, 3.63) is 42.5 Å². The van der Waals surface area contributed by atoms with Gasteiger partial charge in [-0.2, -0.15) is 5.10 Å². The quantitative estimate of drug-likeness (QED) is 0.756. The molecule has 1 N–H and O–H groups in total. The van der Waals surface area contributed by atoms with Crippen LogP contribution in [-0.4, -0.2) is 20.2 Å². The Bertz CT molecular complexity index is 693. The Morgan fingerprint density at radius 1 is 1.00 bits per heavy atom. The lowest BCUT2D eigenvalue weighted by atomic mass is 10.1. The molecule has 0 unspecified atom stereocenters. The van der Waals surface area contributed by atoms with Crippen LogP contribution in [0.25, 0.3) is 22.2 Å². The molecule has 18 heavy (non-hydrogen) atoms. The number of alkyl halides is 2. The minimum atomic E-state index is -2.52. The van der Waals surface area contributed by atoms with E-state index < -0.39 is 6.43 Å². The molecular weight excluding hydrogens is 238 g/mol. The minimum Gasteiger partial charge on any atom is -0.264 e. The fraction of sp³-hybridized carbons (Fsp3) is 0.0833. The summed E-state index contributed by atoms with van der Waals surface area (Å²) in [5, 5.41) is 7.42. The summed E-state index contributed by atoms with van der Waals surface area (Å²) in [7, 11) is 0. The molecule has 0 aromatic carbocycles. The molecule has 0 aliphatic rings. The van der Waals surface area contributed by atoms with Gasteiger partial charge in [0.15, 0.2) is 5.65 Å². The lowest BCUT2D eigenvalue weighted by molar-refractivity contribution is 0.151. The predicted molar refractivity (Wildman–Crippen MR) is 62.1 cm³/mol. The summed E-state index contributed by atoms with van der Waals surface area (Å²) in [6.45, 7) is 0. The van der Waals surface area contributed by atoms with Crippen LogP contribution in [0.3, 0.4) is 0 Å². The summed E-state index contributed by atoms with van der Waals surface area (Å²) in [5.74, 6) is 0. The second-order valence-electron chi connectivity index (χ2n) is 3.84. The Morgan fingerprint density at radius 3 is 2.67 bits per heavy atom. The number of aromatic amines is 1. The highest BCUT2D eigenvalue weighted by molar-refractivity contribution is 5.80. The van der Waals surface area contributed by atoms with E-state index in [4.69, 9.17) is 0 Å². The van der Waals surface area contributed by atoms with Gasteiger partial charge >= 0.3 is 0 Å². The maximum atomic E-state index is 12.6. The first-order valence-electron chi connectivity index (χ1n) is 5.26. The van der Waals surface area contributed by atoms with Gasteiger partial charge in [0.2, 0.25) is 0 Å². The van der Waals surface area contributed by atoms with Crippen molar-refractivity contribution in [3.63, 3.8) is 0 Å². The first-order valence-corrected chi connectivity index (χ1v) is 5.26. The third-order valence-corrected chi connectivity index (χ3v) is 2.64. The number of nitrogens with zero attached hydrogens (tertiary/aromatic N) is 3. The Kier molecular flexibility index (Phi) is 2.47. The smallest absolute Gasteiger partial charge is 0.264 e. The average molecular weight is 246 g/mol. The SMILES string of the molecule is FC(F)c1cncc(-c2cnc3[nH]ncc3c2)c1. The second-order valence-corrected chi connectivity index (χ2v) is 3.84. The lowest BCUT2D eigenvalue weighted by Gasteiger charge is -2.03. The van der Waals surface area contributed by atoms with Gasteiger partial charge in [0.25, 0.3) is 6.43 Å². The van der Waals surface area contributed by atoms with Gasteiger partial charge in [-0.15, -0.1) is 0 Å². The van der Waals surface area contributed by atoms with E-state index in [1.54, 1.807) is 12.4 Å². The minimum absolute atomic E-state index is 0.0974. The maximum absolute atomic E-state index is 12.6. The van der Waals surface area contributed by atoms with E-state index in [9.17, 15) is 8.78 Å². The fourth-order valence-corrected chi connectivity index (χ4v) is 1.73. The lowest BCUT2D eigenvalue weighted by Crippen LogP contribution is -1.89. The highest BCUT2D eigenvalue weighted by Gasteiger charge is 2.09. The van der Waals surface area contributed by atoms with Crippen LogP contribution in [0, 0.1) is 0 Å². The van der Waals surface area contributed by atoms with Crippen molar-refractivity contribution >= 4 is 11.0 Å². The van der Waals surface area contributed by atoms with Crippen molar-refractivity contribution in [3.8, 4) is 11.1 Å². The zero-order chi connectivity index (χ0) is 12.5. The molecule has 0 saturated heterocycles. The highest BCUT2D eigenvalue weighted by Crippen LogP contribution is 2.25. The van der Waals surface area contributed by atoms with E-state index in [0.717, 1.165) is 17.1 Å². The molecule has 0 atom stereocenters. The van der Waals surface area contributed by atoms with E-state index in [-0.39, 0.29) is 5.56 Å². The molecule has 0 bridgehead atoms. The molecule has 0 amide bonds. The van der Waals surface area contributed by atoms with Gasteiger partial charge in [0.05, 0.1) is 6.20 Å². The van der Waals surface area contributed by atoms with Crippen molar-refractivity contribution in [1.82, 2.24) is 20.2 Å². The van der Waals surface area contributed by atoms with Gasteiger partial charge in [0, 0.05) is 40.7 Å². The van der Waals surface area contributed by atoms with Crippen molar-refractivity contribution in [2.45, 2.75) is 6.43 Å². The number of rotatable bonds is 2. The van der Waals surface area contributed by atoms with E-state index >= 15 is 0 Å². The summed E-state index contributed by atoms with van der Waals surface area (Å²) in [6, 6.07) is 3.25. The number of fused-ring (bicyclic) bond motifs is 1. The topological polar surface area (TPSA) is 54.5 Å². The van der Waals surface area contributed by atoms with Crippen molar-refractivity contribution < 1.29 is 8.78 Å². The fourth-order valence-electron chi connectivity index (χ4n) is 1.73. The summed E-state index contributed by atoms with van der Waals surface area (Å²) in [5.41, 5.74) is 1.92. The number of halogens is 2. The van der Waals surface area contributed by atoms with E-state index in [1.807, 2.05) is 6.07 Å². The molecule has 0 fully saturated rings. The number of nitrogens with one attached hydrogen (secondary N) is 1. The molecule has 0 spiro atoms. The van der Waals surface area contributed by atoms with Gasteiger partial charge in [0.1, 0.15) is 0 Å². The van der Waals surface area contributed by atoms with Crippen LogP contribution in [0.2, 0.25) is 0 Å². The van der Waals surface area contributed by atoms with Crippen LogP contribution < -0.4 is 0 Å². The third-order valence-electron chi connectivity index (χ3n) is 2.64. The molecule has 0 aliphatic carbocycles. The standard InChI is InChI=1S/C12H8F2N4/c13-11(14)9-1-7(3-15-4-9)8-2-10-6-17-18-12(10)16-5-8/h1-6,11H,(H,16,17,18). The molecular formula is C12H8F2N4. The first kappa shape index (κ1) is 10.8. The zero-order valence-electron chi connectivity index (χ0n) is 9.14. The molecule has 3 aromatic heterocycles. The van der Waals surface area contributed by atoms with Crippen molar-refractivity contribution in [1.29, 1.82) is 0 Å². The largest absolute Gasteiger partial charge is 0.265 e. The molecule has 4 nitrogen and oxygen atoms in total. The van der Waals surface area contributed by atoms with E-state index in [2.05, 4.69) is 20.2 Å². The molecule has 3 aromatic rings. The van der Waals surface area contributed by atoms with Gasteiger partial charge in [-0.1, -0.05) is 0 Å². The summed E-state index contributed by atoms with van der Waals surface area (Å²) >= 11 is 0. The second kappa shape index (κ2) is 4.14. The number of aromatic nitrogens is 4. The molecule has 3 heterocycles. The van der Waals surface area contributed by atoms with Crippen LogP contribution in [0.4, 0.5) is 8.78 Å². The van der Waals surface area contributed by atoms with Crippen LogP contribution in [-0.2, 0) is 0 Å². The van der Waals surface area contributed by atoms with Crippen molar-refractivity contribution in [2.24, 2.45) is 0 Å². The molecule has 90 valence electrons. The van der Waals surface area contributed by atoms with Gasteiger partial charge in [-0.3, -0.25) is 10.1 Å². The molecule has 0 saturated carbocycles. The van der Waals surface area contributed by atoms with Gasteiger partial charge in [-0.25, -0.2) is 13.8 Å². The average Bonchev–Trinajstić information content (AvgIpc) is 2.86. The molecule has 3 rings (SSSR count). The highest BCUT2D eigenvalue weighted by atomic mass is 19.3. The van der Waals surface area contributed by atoms with Crippen LogP contribution >= 0.6 is 0 Å². The first-order chi connectivity index (χ1) is 8.74. The van der Waals surface area contributed by atoms with Crippen LogP contribution in [0.1, 0.15) is 12.0 Å². The van der Waals surface area contributed by atoms with Gasteiger partial charge < -0.3 is 0 Å². The zero-order valence-corrected chi connectivity index (χ0v) is 9.14. The Hall–Kier alpha value is -2.37. The molecule has 0 aliphatic heterocycles. The number of hydrogen-bond donors (Lipinski definition) is 1. The third kappa shape index (κ3) is 1.81. The van der Waals surface area contributed by atoms with Crippen LogP contribution in [0.15, 0.2) is 36.9 Å².